The molecule has 0 aliphatic rings. The van der Waals surface area contributed by atoms with Gasteiger partial charge in [0.2, 0.25) is 0 Å². The van der Waals surface area contributed by atoms with Gasteiger partial charge in [-0.2, -0.15) is 0 Å². The molecule has 0 fully saturated rings. The van der Waals surface area contributed by atoms with Crippen molar-refractivity contribution in [2.75, 3.05) is 19.4 Å². The van der Waals surface area contributed by atoms with Crippen molar-refractivity contribution in [3.8, 4) is 0 Å². The number of H-pyrrole nitrogens is 1. The van der Waals surface area contributed by atoms with Gasteiger partial charge in [0.15, 0.2) is 0 Å². The lowest BCUT2D eigenvalue weighted by Gasteiger charge is -2.15. The number of aromatic amines is 1. The van der Waals surface area contributed by atoms with Crippen LogP contribution >= 0.6 is 0 Å². The highest BCUT2D eigenvalue weighted by Crippen LogP contribution is 2.28. The second kappa shape index (κ2) is 6.83. The summed E-state index contributed by atoms with van der Waals surface area (Å²) >= 11 is 0. The first-order chi connectivity index (χ1) is 12.3. The highest BCUT2D eigenvalue weighted by molar-refractivity contribution is 5.99. The largest absolute Gasteiger partial charge is 0.379 e. The Morgan fingerprint density at radius 1 is 1.15 bits per heavy atom. The average molecular weight is 350 g/mol. The molecule has 5 heteroatoms. The molecular formula is C21H26N4O. The Bertz CT molecular complexity index is 965. The van der Waals surface area contributed by atoms with Gasteiger partial charge in [-0.15, -0.1) is 0 Å². The summed E-state index contributed by atoms with van der Waals surface area (Å²) in [6, 6.07) is 8.16. The number of anilines is 1. The number of fused-ring (bicyclic) bond motifs is 1. The molecule has 0 atom stereocenters. The smallest absolute Gasteiger partial charge is 0.272 e. The first-order valence-corrected chi connectivity index (χ1v) is 8.80. The molecule has 2 heterocycles. The summed E-state index contributed by atoms with van der Waals surface area (Å²) < 4.78 is 0. The fraction of sp³-hybridized carbons (Fsp3) is 0.333. The first kappa shape index (κ1) is 18.0. The van der Waals surface area contributed by atoms with Crippen LogP contribution in [0.4, 0.5) is 5.69 Å². The van der Waals surface area contributed by atoms with E-state index >= 15 is 0 Å². The number of aromatic nitrogens is 2. The van der Waals surface area contributed by atoms with Crippen molar-refractivity contribution in [1.82, 2.24) is 14.9 Å². The molecular weight excluding hydrogens is 324 g/mol. The maximum Gasteiger partial charge on any atom is 0.272 e. The fourth-order valence-electron chi connectivity index (χ4n) is 3.19. The molecule has 0 bridgehead atoms. The van der Waals surface area contributed by atoms with Crippen molar-refractivity contribution in [3.63, 3.8) is 0 Å². The number of hydrogen-bond acceptors (Lipinski definition) is 3. The number of hydrogen-bond donors (Lipinski definition) is 2. The number of aryl methyl sites for hydroxylation is 4. The molecule has 26 heavy (non-hydrogen) atoms. The standard InChI is InChI=1S/C21H26N4O/c1-12-8-7-9-13(2)16(12)11-22-17-10-18(21(26)25(5)6)24-19-14(3)15(4)23-20(17)19/h7-10,23H,11H2,1-6H3,(H,22,24). The lowest BCUT2D eigenvalue weighted by Crippen LogP contribution is -2.23. The van der Waals surface area contributed by atoms with E-state index < -0.39 is 0 Å². The minimum absolute atomic E-state index is 0.0970. The molecule has 0 saturated carbocycles. The number of carbonyl (C=O) groups is 1. The molecule has 5 nitrogen and oxygen atoms in total. The Hall–Kier alpha value is -2.82. The Kier molecular flexibility index (Phi) is 4.72. The predicted octanol–water partition coefficient (Wildman–Crippen LogP) is 4.11. The molecule has 0 radical (unpaired) electrons. The summed E-state index contributed by atoms with van der Waals surface area (Å²) in [7, 11) is 3.49. The number of nitrogens with one attached hydrogen (secondary N) is 2. The van der Waals surface area contributed by atoms with Gasteiger partial charge in [-0.1, -0.05) is 18.2 Å². The third-order valence-corrected chi connectivity index (χ3v) is 4.98. The van der Waals surface area contributed by atoms with E-state index in [-0.39, 0.29) is 5.91 Å². The van der Waals surface area contributed by atoms with Gasteiger partial charge in [0.1, 0.15) is 5.69 Å². The Labute approximate surface area is 154 Å². The van der Waals surface area contributed by atoms with Gasteiger partial charge in [0, 0.05) is 26.3 Å². The molecule has 1 amide bonds. The molecule has 1 aromatic carbocycles. The molecule has 0 spiro atoms. The molecule has 2 aromatic heterocycles. The van der Waals surface area contributed by atoms with Crippen LogP contribution in [0.3, 0.4) is 0 Å². The summed E-state index contributed by atoms with van der Waals surface area (Å²) in [4.78, 5) is 22.0. The van der Waals surface area contributed by atoms with Crippen molar-refractivity contribution in [3.05, 3.63) is 57.9 Å². The molecule has 2 N–H and O–H groups in total. The van der Waals surface area contributed by atoms with Crippen LogP contribution in [-0.2, 0) is 6.54 Å². The second-order valence-corrected chi connectivity index (χ2v) is 7.08. The van der Waals surface area contributed by atoms with Gasteiger partial charge < -0.3 is 15.2 Å². The van der Waals surface area contributed by atoms with Gasteiger partial charge in [0.25, 0.3) is 5.91 Å². The zero-order valence-electron chi connectivity index (χ0n) is 16.3. The zero-order chi connectivity index (χ0) is 19.0. The number of rotatable bonds is 4. The van der Waals surface area contributed by atoms with Crippen LogP contribution in [-0.4, -0.2) is 34.9 Å². The van der Waals surface area contributed by atoms with E-state index in [2.05, 4.69) is 47.3 Å². The van der Waals surface area contributed by atoms with Gasteiger partial charge >= 0.3 is 0 Å². The topological polar surface area (TPSA) is 61.0 Å². The van der Waals surface area contributed by atoms with E-state index in [1.54, 1.807) is 19.0 Å². The number of carbonyl (C=O) groups excluding carboxylic acids is 1. The van der Waals surface area contributed by atoms with Crippen LogP contribution in [0.5, 0.6) is 0 Å². The van der Waals surface area contributed by atoms with Gasteiger partial charge in [-0.05, 0) is 56.0 Å². The predicted molar refractivity (Wildman–Crippen MR) is 107 cm³/mol. The number of amides is 1. The van der Waals surface area contributed by atoms with Gasteiger partial charge in [-0.25, -0.2) is 4.98 Å². The highest BCUT2D eigenvalue weighted by Gasteiger charge is 2.17. The zero-order valence-corrected chi connectivity index (χ0v) is 16.3. The normalized spacial score (nSPS) is 11.0. The summed E-state index contributed by atoms with van der Waals surface area (Å²) in [5, 5.41) is 3.52. The van der Waals surface area contributed by atoms with Crippen molar-refractivity contribution in [2.45, 2.75) is 34.2 Å². The van der Waals surface area contributed by atoms with E-state index in [1.165, 1.54) is 16.7 Å². The van der Waals surface area contributed by atoms with Crippen molar-refractivity contribution >= 4 is 22.6 Å². The molecule has 3 aromatic rings. The lowest BCUT2D eigenvalue weighted by molar-refractivity contribution is 0.0822. The maximum absolute atomic E-state index is 12.5. The number of benzene rings is 1. The Balaban J connectivity index is 2.06. The van der Waals surface area contributed by atoms with Crippen LogP contribution in [0.25, 0.3) is 11.0 Å². The van der Waals surface area contributed by atoms with Crippen LogP contribution in [0.2, 0.25) is 0 Å². The lowest BCUT2D eigenvalue weighted by atomic mass is 10.0. The summed E-state index contributed by atoms with van der Waals surface area (Å²) in [5.74, 6) is -0.0970. The molecule has 0 aliphatic heterocycles. The summed E-state index contributed by atoms with van der Waals surface area (Å²) in [6.07, 6.45) is 0. The number of nitrogens with zero attached hydrogens (tertiary/aromatic N) is 2. The Morgan fingerprint density at radius 3 is 2.42 bits per heavy atom. The van der Waals surface area contributed by atoms with E-state index in [0.29, 0.717) is 12.2 Å². The highest BCUT2D eigenvalue weighted by atomic mass is 16.2. The van der Waals surface area contributed by atoms with Gasteiger partial charge in [-0.3, -0.25) is 4.79 Å². The number of pyridine rings is 1. The third kappa shape index (κ3) is 3.17. The Morgan fingerprint density at radius 2 is 1.81 bits per heavy atom. The minimum Gasteiger partial charge on any atom is -0.379 e. The van der Waals surface area contributed by atoms with E-state index in [4.69, 9.17) is 0 Å². The summed E-state index contributed by atoms with van der Waals surface area (Å²) in [5.41, 5.74) is 9.07. The molecule has 3 rings (SSSR count). The maximum atomic E-state index is 12.5. The monoisotopic (exact) mass is 350 g/mol. The fourth-order valence-corrected chi connectivity index (χ4v) is 3.19. The second-order valence-electron chi connectivity index (χ2n) is 7.08. The first-order valence-electron chi connectivity index (χ1n) is 8.80. The molecule has 0 saturated heterocycles. The van der Waals surface area contributed by atoms with Gasteiger partial charge in [0.05, 0.1) is 16.7 Å². The summed E-state index contributed by atoms with van der Waals surface area (Å²) in [6.45, 7) is 9.00. The van der Waals surface area contributed by atoms with Crippen LogP contribution in [0.1, 0.15) is 38.4 Å². The van der Waals surface area contributed by atoms with Crippen molar-refractivity contribution in [1.29, 1.82) is 0 Å². The van der Waals surface area contributed by atoms with Crippen LogP contribution in [0, 0.1) is 27.7 Å². The average Bonchev–Trinajstić information content (AvgIpc) is 2.88. The molecule has 136 valence electrons. The van der Waals surface area contributed by atoms with Crippen molar-refractivity contribution in [2.24, 2.45) is 0 Å². The van der Waals surface area contributed by atoms with Crippen LogP contribution < -0.4 is 5.32 Å². The van der Waals surface area contributed by atoms with E-state index in [9.17, 15) is 4.79 Å². The van der Waals surface area contributed by atoms with E-state index in [1.807, 2.05) is 19.9 Å². The van der Waals surface area contributed by atoms with Crippen molar-refractivity contribution < 1.29 is 4.79 Å². The molecule has 0 aliphatic carbocycles. The van der Waals surface area contributed by atoms with E-state index in [0.717, 1.165) is 28.0 Å². The third-order valence-electron chi connectivity index (χ3n) is 4.98. The SMILES string of the molecule is Cc1cccc(C)c1CNc1cc(C(=O)N(C)C)nc2c(C)c(C)[nH]c12. The minimum atomic E-state index is -0.0970. The molecule has 0 unspecified atom stereocenters. The van der Waals surface area contributed by atoms with Crippen LogP contribution in [0.15, 0.2) is 24.3 Å². The quantitative estimate of drug-likeness (QED) is 0.744.